The summed E-state index contributed by atoms with van der Waals surface area (Å²) in [5, 5.41) is 3.02. The van der Waals surface area contributed by atoms with Crippen molar-refractivity contribution in [1.82, 2.24) is 9.71 Å². The number of nitrogen functional groups attached to an aromatic ring is 1. The average molecular weight is 332 g/mol. The van der Waals surface area contributed by atoms with E-state index in [0.717, 1.165) is 10.7 Å². The van der Waals surface area contributed by atoms with E-state index in [4.69, 9.17) is 17.3 Å². The molecule has 0 saturated heterocycles. The molecule has 0 aliphatic rings. The van der Waals surface area contributed by atoms with Crippen LogP contribution in [0.2, 0.25) is 5.02 Å². The number of nitrogens with two attached hydrogens (primary N) is 1. The Morgan fingerprint density at radius 2 is 2.20 bits per heavy atom. The molecule has 1 aromatic heterocycles. The van der Waals surface area contributed by atoms with Crippen molar-refractivity contribution in [3.63, 3.8) is 0 Å². The smallest absolute Gasteiger partial charge is 0.242 e. The van der Waals surface area contributed by atoms with Gasteiger partial charge in [-0.15, -0.1) is 11.3 Å². The first-order valence-corrected chi connectivity index (χ1v) is 8.58. The van der Waals surface area contributed by atoms with Gasteiger partial charge in [0.1, 0.15) is 4.90 Å². The quantitative estimate of drug-likeness (QED) is 0.822. The number of aryl methyl sites for hydroxylation is 1. The number of sulfonamides is 1. The number of thiazole rings is 1. The molecule has 0 spiro atoms. The topological polar surface area (TPSA) is 85.1 Å². The van der Waals surface area contributed by atoms with E-state index in [1.807, 2.05) is 12.3 Å². The van der Waals surface area contributed by atoms with E-state index in [2.05, 4.69) is 9.71 Å². The van der Waals surface area contributed by atoms with Gasteiger partial charge >= 0.3 is 0 Å². The van der Waals surface area contributed by atoms with Crippen molar-refractivity contribution < 1.29 is 8.42 Å². The number of halogens is 1. The van der Waals surface area contributed by atoms with Gasteiger partial charge in [-0.25, -0.2) is 18.1 Å². The molecule has 2 rings (SSSR count). The third-order valence-corrected chi connectivity index (χ3v) is 5.35. The Morgan fingerprint density at radius 3 is 2.85 bits per heavy atom. The predicted octanol–water partition coefficient (Wildman–Crippen LogP) is 2.21. The monoisotopic (exact) mass is 331 g/mol. The molecule has 2 aromatic rings. The lowest BCUT2D eigenvalue weighted by molar-refractivity contribution is 0.581. The fourth-order valence-electron chi connectivity index (χ4n) is 1.64. The molecule has 0 fully saturated rings. The van der Waals surface area contributed by atoms with Crippen LogP contribution in [0.4, 0.5) is 5.69 Å². The number of hydrogen-bond donors (Lipinski definition) is 2. The fourth-order valence-corrected chi connectivity index (χ4v) is 3.85. The molecule has 0 bridgehead atoms. The number of aromatic nitrogens is 1. The van der Waals surface area contributed by atoms with Gasteiger partial charge in [0.2, 0.25) is 10.0 Å². The molecule has 0 unspecified atom stereocenters. The van der Waals surface area contributed by atoms with E-state index in [9.17, 15) is 8.42 Å². The second kappa shape index (κ2) is 6.09. The van der Waals surface area contributed by atoms with Crippen molar-refractivity contribution in [1.29, 1.82) is 0 Å². The first-order chi connectivity index (χ1) is 9.38. The highest BCUT2D eigenvalue weighted by molar-refractivity contribution is 7.89. The number of benzene rings is 1. The minimum absolute atomic E-state index is 0.00590. The molecule has 20 heavy (non-hydrogen) atoms. The van der Waals surface area contributed by atoms with Gasteiger partial charge in [0.05, 0.1) is 15.7 Å². The van der Waals surface area contributed by atoms with E-state index in [0.29, 0.717) is 12.1 Å². The second-order valence-electron chi connectivity index (χ2n) is 4.20. The van der Waals surface area contributed by atoms with Gasteiger partial charge in [0.15, 0.2) is 0 Å². The molecule has 1 aromatic carbocycles. The third-order valence-electron chi connectivity index (χ3n) is 2.58. The van der Waals surface area contributed by atoms with Crippen LogP contribution < -0.4 is 10.5 Å². The maximum atomic E-state index is 12.1. The summed E-state index contributed by atoms with van der Waals surface area (Å²) in [7, 11) is -3.66. The molecule has 0 amide bonds. The van der Waals surface area contributed by atoms with Gasteiger partial charge < -0.3 is 5.73 Å². The minimum atomic E-state index is -3.66. The number of rotatable bonds is 5. The van der Waals surface area contributed by atoms with Gasteiger partial charge in [-0.2, -0.15) is 0 Å². The van der Waals surface area contributed by atoms with Crippen molar-refractivity contribution >= 4 is 38.6 Å². The summed E-state index contributed by atoms with van der Waals surface area (Å²) < 4.78 is 26.8. The minimum Gasteiger partial charge on any atom is -0.399 e. The Morgan fingerprint density at radius 1 is 1.45 bits per heavy atom. The Balaban J connectivity index is 2.06. The fraction of sp³-hybridized carbons (Fsp3) is 0.250. The highest BCUT2D eigenvalue weighted by Crippen LogP contribution is 2.23. The summed E-state index contributed by atoms with van der Waals surface area (Å²) in [6, 6.07) is 4.37. The maximum Gasteiger partial charge on any atom is 0.242 e. The summed E-state index contributed by atoms with van der Waals surface area (Å²) in [5.74, 6) is 0. The second-order valence-corrected chi connectivity index (χ2v) is 7.40. The van der Waals surface area contributed by atoms with Crippen LogP contribution in [0.5, 0.6) is 0 Å². The highest BCUT2D eigenvalue weighted by atomic mass is 35.5. The maximum absolute atomic E-state index is 12.1. The first kappa shape index (κ1) is 15.2. The average Bonchev–Trinajstić information content (AvgIpc) is 2.78. The standard InChI is InChI=1S/C12H14ClN3O2S2/c1-8-16-10(7-19-8)4-5-15-20(17,18)12-6-9(14)2-3-11(12)13/h2-3,6-7,15H,4-5,14H2,1H3. The summed E-state index contributed by atoms with van der Waals surface area (Å²) >= 11 is 7.43. The summed E-state index contributed by atoms with van der Waals surface area (Å²) in [5.41, 5.74) is 6.81. The molecular formula is C12H14ClN3O2S2. The van der Waals surface area contributed by atoms with Crippen LogP contribution in [0.1, 0.15) is 10.7 Å². The first-order valence-electron chi connectivity index (χ1n) is 5.84. The number of nitrogens with zero attached hydrogens (tertiary/aromatic N) is 1. The Bertz CT molecular complexity index is 713. The van der Waals surface area contributed by atoms with Gasteiger partial charge in [-0.3, -0.25) is 0 Å². The van der Waals surface area contributed by atoms with Crippen molar-refractivity contribution in [2.24, 2.45) is 0 Å². The Hall–Kier alpha value is -1.15. The SMILES string of the molecule is Cc1nc(CCNS(=O)(=O)c2cc(N)ccc2Cl)cs1. The summed E-state index contributed by atoms with van der Waals surface area (Å²) in [6.45, 7) is 2.17. The van der Waals surface area contributed by atoms with Crippen LogP contribution in [0.15, 0.2) is 28.5 Å². The predicted molar refractivity (Wildman–Crippen MR) is 81.6 cm³/mol. The van der Waals surface area contributed by atoms with Crippen LogP contribution >= 0.6 is 22.9 Å². The largest absolute Gasteiger partial charge is 0.399 e. The molecule has 108 valence electrons. The molecule has 0 radical (unpaired) electrons. The van der Waals surface area contributed by atoms with Crippen LogP contribution in [-0.2, 0) is 16.4 Å². The molecule has 5 nitrogen and oxygen atoms in total. The molecule has 0 saturated carbocycles. The van der Waals surface area contributed by atoms with Gasteiger partial charge in [0.25, 0.3) is 0 Å². The Labute approximate surface area is 126 Å². The third kappa shape index (κ3) is 3.69. The number of anilines is 1. The number of nitrogens with one attached hydrogen (secondary N) is 1. The highest BCUT2D eigenvalue weighted by Gasteiger charge is 2.17. The van der Waals surface area contributed by atoms with Crippen LogP contribution in [0, 0.1) is 6.92 Å². The zero-order chi connectivity index (χ0) is 14.8. The molecule has 3 N–H and O–H groups in total. The zero-order valence-corrected chi connectivity index (χ0v) is 13.1. The zero-order valence-electron chi connectivity index (χ0n) is 10.8. The number of hydrogen-bond acceptors (Lipinski definition) is 5. The summed E-state index contributed by atoms with van der Waals surface area (Å²) in [4.78, 5) is 4.27. The van der Waals surface area contributed by atoms with E-state index in [-0.39, 0.29) is 16.5 Å². The lowest BCUT2D eigenvalue weighted by atomic mass is 10.3. The van der Waals surface area contributed by atoms with Gasteiger partial charge in [-0.05, 0) is 25.1 Å². The van der Waals surface area contributed by atoms with Crippen molar-refractivity contribution in [2.75, 3.05) is 12.3 Å². The molecule has 0 aliphatic heterocycles. The van der Waals surface area contributed by atoms with E-state index in [1.165, 1.54) is 23.5 Å². The van der Waals surface area contributed by atoms with E-state index in [1.54, 1.807) is 6.07 Å². The van der Waals surface area contributed by atoms with Gasteiger partial charge in [0, 0.05) is 24.0 Å². The Kier molecular flexibility index (Phi) is 4.64. The lowest BCUT2D eigenvalue weighted by Crippen LogP contribution is -2.26. The lowest BCUT2D eigenvalue weighted by Gasteiger charge is -2.08. The van der Waals surface area contributed by atoms with Crippen LogP contribution in [0.3, 0.4) is 0 Å². The normalized spacial score (nSPS) is 11.7. The van der Waals surface area contributed by atoms with Crippen LogP contribution in [-0.4, -0.2) is 19.9 Å². The molecule has 8 heteroatoms. The molecule has 0 aliphatic carbocycles. The summed E-state index contributed by atoms with van der Waals surface area (Å²) in [6.07, 6.45) is 0.531. The van der Waals surface area contributed by atoms with Crippen molar-refractivity contribution in [3.8, 4) is 0 Å². The van der Waals surface area contributed by atoms with E-state index < -0.39 is 10.0 Å². The van der Waals surface area contributed by atoms with Crippen molar-refractivity contribution in [3.05, 3.63) is 39.3 Å². The van der Waals surface area contributed by atoms with Gasteiger partial charge in [-0.1, -0.05) is 11.6 Å². The molecular weight excluding hydrogens is 318 g/mol. The van der Waals surface area contributed by atoms with Crippen LogP contribution in [0.25, 0.3) is 0 Å². The van der Waals surface area contributed by atoms with Crippen molar-refractivity contribution in [2.45, 2.75) is 18.2 Å². The molecule has 0 atom stereocenters. The molecule has 1 heterocycles. The van der Waals surface area contributed by atoms with E-state index >= 15 is 0 Å².